The van der Waals surface area contributed by atoms with E-state index in [4.69, 9.17) is 9.47 Å². The van der Waals surface area contributed by atoms with Gasteiger partial charge in [0.15, 0.2) is 0 Å². The molecule has 0 bridgehead atoms. The lowest BCUT2D eigenvalue weighted by molar-refractivity contribution is -0.277. The number of halogens is 3. The molecule has 2 aromatic carbocycles. The first-order valence-corrected chi connectivity index (χ1v) is 10.7. The van der Waals surface area contributed by atoms with Gasteiger partial charge in [0.1, 0.15) is 35.7 Å². The summed E-state index contributed by atoms with van der Waals surface area (Å²) in [6.07, 6.45) is -10.5. The van der Waals surface area contributed by atoms with Gasteiger partial charge in [-0.1, -0.05) is 31.2 Å². The van der Waals surface area contributed by atoms with E-state index < -0.39 is 49.1 Å². The monoisotopic (exact) mass is 482 g/mol. The number of aryl methyl sites for hydroxylation is 1. The molecule has 184 valence electrons. The van der Waals surface area contributed by atoms with E-state index in [9.17, 15) is 33.6 Å². The van der Waals surface area contributed by atoms with Gasteiger partial charge in [-0.3, -0.25) is 0 Å². The molecule has 1 unspecified atom stereocenters. The molecule has 8 nitrogen and oxygen atoms in total. The lowest BCUT2D eigenvalue weighted by Gasteiger charge is -2.39. The number of hydrogen-bond donors (Lipinski definition) is 4. The highest BCUT2D eigenvalue weighted by molar-refractivity contribution is 5.83. The van der Waals surface area contributed by atoms with E-state index >= 15 is 0 Å². The van der Waals surface area contributed by atoms with Crippen LogP contribution >= 0.6 is 0 Å². The molecule has 0 spiro atoms. The maximum atomic E-state index is 13.5. The number of nitrogens with zero attached hydrogens (tertiary/aromatic N) is 2. The van der Waals surface area contributed by atoms with Crippen LogP contribution in [-0.2, 0) is 23.9 Å². The van der Waals surface area contributed by atoms with Crippen LogP contribution in [0.15, 0.2) is 42.7 Å². The fraction of sp³-hybridized carbons (Fsp3) is 0.435. The molecule has 34 heavy (non-hydrogen) atoms. The molecule has 1 fully saturated rings. The summed E-state index contributed by atoms with van der Waals surface area (Å²) in [4.78, 5) is 4.10. The third-order valence-electron chi connectivity index (χ3n) is 5.88. The summed E-state index contributed by atoms with van der Waals surface area (Å²) in [6.45, 7) is 1.62. The van der Waals surface area contributed by atoms with Gasteiger partial charge in [0.05, 0.1) is 24.0 Å². The van der Waals surface area contributed by atoms with Gasteiger partial charge in [0.25, 0.3) is 0 Å². The van der Waals surface area contributed by atoms with Crippen molar-refractivity contribution in [3.05, 3.63) is 59.4 Å². The maximum Gasteiger partial charge on any atom is 0.416 e. The Morgan fingerprint density at radius 2 is 1.71 bits per heavy atom. The predicted octanol–water partition coefficient (Wildman–Crippen LogP) is 1.84. The second-order valence-electron chi connectivity index (χ2n) is 8.20. The number of imidazole rings is 1. The standard InChI is InChI=1S/C23H25F3N2O6/c1-2-12-3-5-13(6-4-12)9-28-11-27-15-7-14(23(24,25)26)8-16(18(15)28)33-22-21(32)20(31)19(30)17(10-29)34-22/h3-8,11,17,19-22,29-32H,2,9-10H2,1H3/t17-,19-,20+,21-,22?/m0/s1. The molecule has 11 heteroatoms. The molecule has 3 aromatic rings. The van der Waals surface area contributed by atoms with E-state index in [1.165, 1.54) is 6.33 Å². The lowest BCUT2D eigenvalue weighted by Crippen LogP contribution is -2.60. The third-order valence-corrected chi connectivity index (χ3v) is 5.88. The fourth-order valence-electron chi connectivity index (χ4n) is 3.91. The van der Waals surface area contributed by atoms with Gasteiger partial charge in [0.2, 0.25) is 6.29 Å². The summed E-state index contributed by atoms with van der Waals surface area (Å²) in [5.41, 5.74) is 1.25. The smallest absolute Gasteiger partial charge is 0.416 e. The summed E-state index contributed by atoms with van der Waals surface area (Å²) in [5, 5.41) is 39.7. The molecular weight excluding hydrogens is 457 g/mol. The topological polar surface area (TPSA) is 117 Å². The molecule has 1 aromatic heterocycles. The van der Waals surface area contributed by atoms with Crippen LogP contribution in [0.1, 0.15) is 23.6 Å². The molecule has 1 saturated heterocycles. The number of aromatic nitrogens is 2. The van der Waals surface area contributed by atoms with Crippen molar-refractivity contribution in [2.45, 2.75) is 56.8 Å². The highest BCUT2D eigenvalue weighted by Crippen LogP contribution is 2.37. The van der Waals surface area contributed by atoms with Crippen molar-refractivity contribution in [2.24, 2.45) is 0 Å². The van der Waals surface area contributed by atoms with Crippen LogP contribution in [0, 0.1) is 0 Å². The molecule has 5 atom stereocenters. The van der Waals surface area contributed by atoms with Gasteiger partial charge in [-0.15, -0.1) is 0 Å². The minimum absolute atomic E-state index is 0.0135. The number of rotatable bonds is 6. The van der Waals surface area contributed by atoms with Crippen molar-refractivity contribution in [1.82, 2.24) is 9.55 Å². The first-order chi connectivity index (χ1) is 16.1. The first-order valence-electron chi connectivity index (χ1n) is 10.7. The summed E-state index contributed by atoms with van der Waals surface area (Å²) in [7, 11) is 0. The lowest BCUT2D eigenvalue weighted by atomic mass is 9.99. The van der Waals surface area contributed by atoms with Crippen molar-refractivity contribution in [3.63, 3.8) is 0 Å². The van der Waals surface area contributed by atoms with Gasteiger partial charge in [-0.25, -0.2) is 4.98 Å². The number of hydrogen-bond acceptors (Lipinski definition) is 7. The van der Waals surface area contributed by atoms with E-state index in [0.717, 1.165) is 29.7 Å². The Morgan fingerprint density at radius 1 is 1.03 bits per heavy atom. The molecule has 0 amide bonds. The number of benzene rings is 2. The molecule has 0 saturated carbocycles. The quantitative estimate of drug-likeness (QED) is 0.424. The Kier molecular flexibility index (Phi) is 6.83. The molecule has 4 rings (SSSR count). The third kappa shape index (κ3) is 4.75. The number of aliphatic hydroxyl groups is 4. The average molecular weight is 482 g/mol. The average Bonchev–Trinajstić information content (AvgIpc) is 3.22. The van der Waals surface area contributed by atoms with Crippen LogP contribution in [0.25, 0.3) is 11.0 Å². The Bertz CT molecular complexity index is 1130. The highest BCUT2D eigenvalue weighted by Gasteiger charge is 2.45. The molecule has 1 aliphatic rings. The van der Waals surface area contributed by atoms with Crippen LogP contribution in [0.3, 0.4) is 0 Å². The number of alkyl halides is 3. The number of aliphatic hydroxyl groups excluding tert-OH is 4. The Balaban J connectivity index is 1.74. The number of ether oxygens (including phenoxy) is 2. The zero-order chi connectivity index (χ0) is 24.6. The Hall–Kier alpha value is -2.70. The normalized spacial score (nSPS) is 25.6. The minimum Gasteiger partial charge on any atom is -0.460 e. The maximum absolute atomic E-state index is 13.5. The molecular formula is C23H25F3N2O6. The second-order valence-corrected chi connectivity index (χ2v) is 8.20. The molecule has 0 radical (unpaired) electrons. The number of fused-ring (bicyclic) bond motifs is 1. The SMILES string of the molecule is CCc1ccc(Cn2cnc3cc(C(F)(F)F)cc(OC4O[C@@H](CO)[C@H](O)[C@@H](O)[C@@H]4O)c32)cc1. The fourth-order valence-corrected chi connectivity index (χ4v) is 3.91. The predicted molar refractivity (Wildman–Crippen MR) is 114 cm³/mol. The Morgan fingerprint density at radius 3 is 2.32 bits per heavy atom. The zero-order valence-corrected chi connectivity index (χ0v) is 18.2. The van der Waals surface area contributed by atoms with Crippen LogP contribution in [0.2, 0.25) is 0 Å². The van der Waals surface area contributed by atoms with Gasteiger partial charge < -0.3 is 34.5 Å². The molecule has 4 N–H and O–H groups in total. The summed E-state index contributed by atoms with van der Waals surface area (Å²) < 4.78 is 53.1. The molecule has 2 heterocycles. The summed E-state index contributed by atoms with van der Waals surface area (Å²) in [5.74, 6) is -0.281. The second kappa shape index (κ2) is 9.51. The van der Waals surface area contributed by atoms with Crippen molar-refractivity contribution in [1.29, 1.82) is 0 Å². The Labute approximate surface area is 192 Å². The van der Waals surface area contributed by atoms with E-state index in [2.05, 4.69) is 4.98 Å². The first kappa shape index (κ1) is 24.4. The van der Waals surface area contributed by atoms with E-state index in [1.54, 1.807) is 4.57 Å². The van der Waals surface area contributed by atoms with Gasteiger partial charge >= 0.3 is 6.18 Å². The van der Waals surface area contributed by atoms with Crippen LogP contribution in [-0.4, -0.2) is 67.3 Å². The van der Waals surface area contributed by atoms with Crippen LogP contribution in [0.4, 0.5) is 13.2 Å². The summed E-state index contributed by atoms with van der Waals surface area (Å²) >= 11 is 0. The largest absolute Gasteiger partial charge is 0.460 e. The summed E-state index contributed by atoms with van der Waals surface area (Å²) in [6, 6.07) is 9.40. The van der Waals surface area contributed by atoms with Crippen molar-refractivity contribution >= 4 is 11.0 Å². The van der Waals surface area contributed by atoms with Gasteiger partial charge in [-0.2, -0.15) is 13.2 Å². The van der Waals surface area contributed by atoms with Gasteiger partial charge in [0, 0.05) is 6.54 Å². The molecule has 0 aliphatic carbocycles. The van der Waals surface area contributed by atoms with Gasteiger partial charge in [-0.05, 0) is 29.7 Å². The van der Waals surface area contributed by atoms with Crippen molar-refractivity contribution < 1.29 is 43.1 Å². The van der Waals surface area contributed by atoms with E-state index in [1.807, 2.05) is 31.2 Å². The zero-order valence-electron chi connectivity index (χ0n) is 18.2. The molecule has 1 aliphatic heterocycles. The highest BCUT2D eigenvalue weighted by atomic mass is 19.4. The van der Waals surface area contributed by atoms with Crippen LogP contribution in [0.5, 0.6) is 5.75 Å². The van der Waals surface area contributed by atoms with E-state index in [-0.39, 0.29) is 23.3 Å². The van der Waals surface area contributed by atoms with Crippen molar-refractivity contribution in [2.75, 3.05) is 6.61 Å². The van der Waals surface area contributed by atoms with Crippen molar-refractivity contribution in [3.8, 4) is 5.75 Å². The minimum atomic E-state index is -4.69. The van der Waals surface area contributed by atoms with E-state index in [0.29, 0.717) is 0 Å². The van der Waals surface area contributed by atoms with Crippen LogP contribution < -0.4 is 4.74 Å².